The number of aromatic nitrogens is 1. The fourth-order valence-corrected chi connectivity index (χ4v) is 3.62. The summed E-state index contributed by atoms with van der Waals surface area (Å²) in [6.45, 7) is 0.893. The predicted octanol–water partition coefficient (Wildman–Crippen LogP) is 6.42. The minimum atomic E-state index is 0.238. The Balaban J connectivity index is 1.55. The van der Waals surface area contributed by atoms with Crippen molar-refractivity contribution in [3.63, 3.8) is 0 Å². The van der Waals surface area contributed by atoms with E-state index in [1.165, 1.54) is 0 Å². The fraction of sp³-hybridized carbons (Fsp3) is 0.0833. The van der Waals surface area contributed by atoms with Gasteiger partial charge in [-0.25, -0.2) is 0 Å². The second-order valence-corrected chi connectivity index (χ2v) is 7.57. The molecule has 1 aromatic heterocycles. The van der Waals surface area contributed by atoms with Crippen LogP contribution in [-0.4, -0.2) is 10.8 Å². The molecule has 0 spiro atoms. The van der Waals surface area contributed by atoms with Gasteiger partial charge in [0.1, 0.15) is 6.61 Å². The lowest BCUT2D eigenvalue weighted by Gasteiger charge is -2.06. The van der Waals surface area contributed by atoms with Crippen molar-refractivity contribution < 1.29 is 4.84 Å². The molecule has 0 saturated carbocycles. The quantitative estimate of drug-likeness (QED) is 0.260. The molecule has 0 fully saturated rings. The molecule has 0 radical (unpaired) electrons. The number of fused-ring (bicyclic) bond motifs is 1. The van der Waals surface area contributed by atoms with E-state index < -0.39 is 0 Å². The normalized spacial score (nSPS) is 11.1. The van der Waals surface area contributed by atoms with Crippen molar-refractivity contribution in [1.29, 1.82) is 5.26 Å². The molecule has 0 bridgehead atoms. The number of rotatable bonds is 6. The maximum atomic E-state index is 9.17. The van der Waals surface area contributed by atoms with Gasteiger partial charge >= 0.3 is 0 Å². The lowest BCUT2D eigenvalue weighted by molar-refractivity contribution is 0.132. The highest BCUT2D eigenvalue weighted by molar-refractivity contribution is 6.42. The van der Waals surface area contributed by atoms with Gasteiger partial charge in [0.15, 0.2) is 0 Å². The Morgan fingerprint density at radius 1 is 1.00 bits per heavy atom. The molecule has 0 unspecified atom stereocenters. The van der Waals surface area contributed by atoms with Crippen LogP contribution < -0.4 is 0 Å². The first-order valence-electron chi connectivity index (χ1n) is 9.31. The van der Waals surface area contributed by atoms with Crippen LogP contribution in [0, 0.1) is 11.3 Å². The van der Waals surface area contributed by atoms with Gasteiger partial charge in [0.2, 0.25) is 0 Å². The Hall–Kier alpha value is -3.26. The molecule has 4 aromatic rings. The molecule has 30 heavy (non-hydrogen) atoms. The summed E-state index contributed by atoms with van der Waals surface area (Å²) < 4.78 is 2.14. The second-order valence-electron chi connectivity index (χ2n) is 6.75. The molecule has 0 atom stereocenters. The topological polar surface area (TPSA) is 50.3 Å². The lowest BCUT2D eigenvalue weighted by atomic mass is 10.1. The first-order chi connectivity index (χ1) is 14.7. The van der Waals surface area contributed by atoms with Crippen LogP contribution in [0.3, 0.4) is 0 Å². The summed E-state index contributed by atoms with van der Waals surface area (Å²) in [4.78, 5) is 5.45. The maximum absolute atomic E-state index is 9.17. The Morgan fingerprint density at radius 2 is 1.80 bits per heavy atom. The van der Waals surface area contributed by atoms with E-state index in [-0.39, 0.29) is 6.61 Å². The van der Waals surface area contributed by atoms with E-state index in [9.17, 15) is 0 Å². The predicted molar refractivity (Wildman–Crippen MR) is 121 cm³/mol. The van der Waals surface area contributed by atoms with Crippen molar-refractivity contribution in [3.05, 3.63) is 105 Å². The van der Waals surface area contributed by atoms with Crippen LogP contribution >= 0.6 is 23.2 Å². The molecular formula is C24H17Cl2N3O. The number of oxime groups is 1. The van der Waals surface area contributed by atoms with E-state index in [4.69, 9.17) is 33.3 Å². The van der Waals surface area contributed by atoms with Crippen molar-refractivity contribution in [2.24, 2.45) is 5.16 Å². The molecule has 0 aliphatic rings. The minimum absolute atomic E-state index is 0.238. The average Bonchev–Trinajstić information content (AvgIpc) is 3.11. The zero-order valence-corrected chi connectivity index (χ0v) is 17.4. The maximum Gasteiger partial charge on any atom is 0.143 e. The number of hydrogen-bond acceptors (Lipinski definition) is 3. The zero-order valence-electron chi connectivity index (χ0n) is 15.9. The SMILES string of the molecule is N#Cc1ccccc1CO/N=C\c1cn(Cc2ccc(Cl)c(Cl)c2)c2ccccc12. The summed E-state index contributed by atoms with van der Waals surface area (Å²) in [5.74, 6) is 0. The summed E-state index contributed by atoms with van der Waals surface area (Å²) in [5, 5.41) is 15.4. The van der Waals surface area contributed by atoms with Crippen LogP contribution in [0.15, 0.2) is 78.1 Å². The Kier molecular flexibility index (Phi) is 6.04. The number of halogens is 2. The first-order valence-corrected chi connectivity index (χ1v) is 10.1. The monoisotopic (exact) mass is 433 g/mol. The van der Waals surface area contributed by atoms with Gasteiger partial charge in [0.25, 0.3) is 0 Å². The number of nitriles is 1. The fourth-order valence-electron chi connectivity index (χ4n) is 3.30. The molecule has 0 aliphatic carbocycles. The van der Waals surface area contributed by atoms with E-state index in [2.05, 4.69) is 21.9 Å². The molecule has 0 saturated heterocycles. The van der Waals surface area contributed by atoms with Crippen LogP contribution in [0.1, 0.15) is 22.3 Å². The molecule has 0 aliphatic heterocycles. The molecular weight excluding hydrogens is 417 g/mol. The Bertz CT molecular complexity index is 1270. The van der Waals surface area contributed by atoms with Crippen molar-refractivity contribution in [1.82, 2.24) is 4.57 Å². The summed E-state index contributed by atoms with van der Waals surface area (Å²) in [7, 11) is 0. The van der Waals surface area contributed by atoms with Gasteiger partial charge in [0, 0.05) is 34.8 Å². The first kappa shape index (κ1) is 20.0. The third-order valence-electron chi connectivity index (χ3n) is 4.78. The van der Waals surface area contributed by atoms with E-state index in [1.54, 1.807) is 18.3 Å². The highest BCUT2D eigenvalue weighted by Crippen LogP contribution is 2.25. The van der Waals surface area contributed by atoms with Crippen LogP contribution in [0.25, 0.3) is 10.9 Å². The van der Waals surface area contributed by atoms with Gasteiger partial charge in [-0.15, -0.1) is 0 Å². The smallest absolute Gasteiger partial charge is 0.143 e. The second kappa shape index (κ2) is 9.04. The molecule has 0 N–H and O–H groups in total. The van der Waals surface area contributed by atoms with Crippen molar-refractivity contribution in [2.75, 3.05) is 0 Å². The summed E-state index contributed by atoms with van der Waals surface area (Å²) in [6, 6.07) is 23.2. The van der Waals surface area contributed by atoms with Crippen LogP contribution in [0.4, 0.5) is 0 Å². The van der Waals surface area contributed by atoms with E-state index >= 15 is 0 Å². The van der Waals surface area contributed by atoms with E-state index in [1.807, 2.05) is 54.7 Å². The van der Waals surface area contributed by atoms with Gasteiger partial charge < -0.3 is 9.40 Å². The van der Waals surface area contributed by atoms with Gasteiger partial charge in [-0.05, 0) is 29.8 Å². The molecule has 0 amide bonds. The number of hydrogen-bond donors (Lipinski definition) is 0. The van der Waals surface area contributed by atoms with Crippen LogP contribution in [0.5, 0.6) is 0 Å². The lowest BCUT2D eigenvalue weighted by Crippen LogP contribution is -1.97. The average molecular weight is 434 g/mol. The third-order valence-corrected chi connectivity index (χ3v) is 5.52. The van der Waals surface area contributed by atoms with Crippen LogP contribution in [-0.2, 0) is 18.0 Å². The molecule has 4 rings (SSSR count). The highest BCUT2D eigenvalue weighted by atomic mass is 35.5. The largest absolute Gasteiger partial charge is 0.391 e. The summed E-state index contributed by atoms with van der Waals surface area (Å²) in [5.41, 5.74) is 4.47. The van der Waals surface area contributed by atoms with Crippen LogP contribution in [0.2, 0.25) is 10.0 Å². The van der Waals surface area contributed by atoms with Gasteiger partial charge in [-0.2, -0.15) is 5.26 Å². The Labute approximate surface area is 184 Å². The van der Waals surface area contributed by atoms with E-state index in [0.29, 0.717) is 22.2 Å². The standard InChI is InChI=1S/C24H17Cl2N3O/c25-22-10-9-17(11-23(22)26)14-29-15-20(21-7-3-4-8-24(21)29)13-28-30-16-19-6-2-1-5-18(19)12-27/h1-11,13,15H,14,16H2/b28-13-. The molecule has 6 heteroatoms. The molecule has 148 valence electrons. The molecule has 3 aromatic carbocycles. The van der Waals surface area contributed by atoms with Gasteiger partial charge in [-0.3, -0.25) is 0 Å². The van der Waals surface area contributed by atoms with Crippen molar-refractivity contribution >= 4 is 40.3 Å². The third kappa shape index (κ3) is 4.33. The Morgan fingerprint density at radius 3 is 2.63 bits per heavy atom. The van der Waals surface area contributed by atoms with Crippen molar-refractivity contribution in [2.45, 2.75) is 13.2 Å². The van der Waals surface area contributed by atoms with Gasteiger partial charge in [-0.1, -0.05) is 70.8 Å². The summed E-state index contributed by atoms with van der Waals surface area (Å²) in [6.07, 6.45) is 3.73. The highest BCUT2D eigenvalue weighted by Gasteiger charge is 2.08. The summed E-state index contributed by atoms with van der Waals surface area (Å²) >= 11 is 12.2. The minimum Gasteiger partial charge on any atom is -0.391 e. The zero-order chi connectivity index (χ0) is 20.9. The molecule has 1 heterocycles. The number of benzene rings is 3. The van der Waals surface area contributed by atoms with Crippen molar-refractivity contribution in [3.8, 4) is 6.07 Å². The number of nitrogens with zero attached hydrogens (tertiary/aromatic N) is 3. The van der Waals surface area contributed by atoms with E-state index in [0.717, 1.165) is 27.6 Å². The molecule has 4 nitrogen and oxygen atoms in total. The van der Waals surface area contributed by atoms with Gasteiger partial charge in [0.05, 0.1) is 27.9 Å². The number of para-hydroxylation sites is 1.